The number of nitrogens with one attached hydrogen (secondary N) is 2. The lowest BCUT2D eigenvalue weighted by Gasteiger charge is -2.36. The lowest BCUT2D eigenvalue weighted by Crippen LogP contribution is -2.49. The number of rotatable bonds is 8. The van der Waals surface area contributed by atoms with E-state index in [9.17, 15) is 9.59 Å². The number of hydrogen-bond acceptors (Lipinski definition) is 11. The third-order valence-electron chi connectivity index (χ3n) is 5.83. The van der Waals surface area contributed by atoms with Gasteiger partial charge in [0.2, 0.25) is 5.95 Å². The van der Waals surface area contributed by atoms with E-state index in [0.717, 1.165) is 23.0 Å². The number of carbonyl (C=O) groups excluding carboxylic acids is 2. The van der Waals surface area contributed by atoms with E-state index >= 15 is 0 Å². The smallest absolute Gasteiger partial charge is 0.323 e. The Labute approximate surface area is 210 Å². The van der Waals surface area contributed by atoms with Crippen molar-refractivity contribution in [1.29, 1.82) is 0 Å². The molecule has 1 aromatic carbocycles. The summed E-state index contributed by atoms with van der Waals surface area (Å²) in [5, 5.41) is 6.67. The Hall–Kier alpha value is -3.38. The third-order valence-corrected chi connectivity index (χ3v) is 6.32. The van der Waals surface area contributed by atoms with Crippen LogP contribution in [0.1, 0.15) is 19.3 Å². The van der Waals surface area contributed by atoms with Gasteiger partial charge in [-0.3, -0.25) is 14.5 Å². The summed E-state index contributed by atoms with van der Waals surface area (Å²) in [6.07, 6.45) is 4.58. The number of anilines is 3. The first-order valence-corrected chi connectivity index (χ1v) is 11.9. The predicted octanol–water partition coefficient (Wildman–Crippen LogP) is 2.91. The second kappa shape index (κ2) is 11.4. The molecule has 4 rings (SSSR count). The van der Waals surface area contributed by atoms with E-state index in [1.807, 2.05) is 29.2 Å². The number of likely N-dealkylation sites (tertiary alicyclic amines) is 1. The molecule has 1 unspecified atom stereocenters. The monoisotopic (exact) mass is 543 g/mol. The predicted molar refractivity (Wildman–Crippen MR) is 133 cm³/mol. The highest BCUT2D eigenvalue weighted by molar-refractivity contribution is 9.10. The van der Waals surface area contributed by atoms with Gasteiger partial charge in [0, 0.05) is 29.3 Å². The molecule has 0 aliphatic carbocycles. The Morgan fingerprint density at radius 1 is 1.17 bits per heavy atom. The molecule has 12 heteroatoms. The van der Waals surface area contributed by atoms with Crippen molar-refractivity contribution in [3.8, 4) is 0 Å². The summed E-state index contributed by atoms with van der Waals surface area (Å²) in [5.74, 6) is 0.170. The molecule has 1 aliphatic heterocycles. The number of benzene rings is 1. The van der Waals surface area contributed by atoms with Crippen molar-refractivity contribution in [2.45, 2.75) is 31.3 Å². The molecule has 1 fully saturated rings. The van der Waals surface area contributed by atoms with Crippen molar-refractivity contribution in [2.24, 2.45) is 0 Å². The summed E-state index contributed by atoms with van der Waals surface area (Å²) in [6, 6.07) is 7.21. The quantitative estimate of drug-likeness (QED) is 0.406. The summed E-state index contributed by atoms with van der Waals surface area (Å²) in [6.45, 7) is 1.22. The SMILES string of the molecule is COC(=O)CC(C(=O)OC)N1CCC(Nc2ncc3ncnc(Nc4cccc(Br)c4)c3n2)CC1. The van der Waals surface area contributed by atoms with Gasteiger partial charge in [0.15, 0.2) is 5.82 Å². The Balaban J connectivity index is 1.44. The zero-order valence-electron chi connectivity index (χ0n) is 19.4. The maximum Gasteiger partial charge on any atom is 0.323 e. The summed E-state index contributed by atoms with van der Waals surface area (Å²) >= 11 is 3.47. The number of piperidine rings is 1. The van der Waals surface area contributed by atoms with Gasteiger partial charge in [-0.25, -0.2) is 19.9 Å². The van der Waals surface area contributed by atoms with E-state index < -0.39 is 18.0 Å². The molecule has 2 aromatic heterocycles. The fourth-order valence-electron chi connectivity index (χ4n) is 3.99. The number of esters is 2. The number of methoxy groups -OCH3 is 2. The van der Waals surface area contributed by atoms with Gasteiger partial charge < -0.3 is 20.1 Å². The summed E-state index contributed by atoms with van der Waals surface area (Å²) < 4.78 is 10.6. The molecular weight excluding hydrogens is 518 g/mol. The van der Waals surface area contributed by atoms with Gasteiger partial charge in [-0.15, -0.1) is 0 Å². The number of carbonyl (C=O) groups is 2. The zero-order chi connectivity index (χ0) is 24.8. The van der Waals surface area contributed by atoms with Crippen molar-refractivity contribution in [3.05, 3.63) is 41.3 Å². The third kappa shape index (κ3) is 6.20. The lowest BCUT2D eigenvalue weighted by molar-refractivity contribution is -0.154. The molecule has 1 atom stereocenters. The number of halogens is 1. The minimum Gasteiger partial charge on any atom is -0.469 e. The van der Waals surface area contributed by atoms with Crippen LogP contribution in [0.3, 0.4) is 0 Å². The van der Waals surface area contributed by atoms with E-state index in [1.165, 1.54) is 20.5 Å². The van der Waals surface area contributed by atoms with E-state index in [1.54, 1.807) is 6.20 Å². The standard InChI is InChI=1S/C23H26BrN7O4/c1-34-19(32)11-18(22(33)35-2)31-8-6-15(7-9-31)29-23-25-12-17-20(30-23)21(27-13-26-17)28-16-5-3-4-14(24)10-16/h3-5,10,12-13,15,18H,6-9,11H2,1-2H3,(H,25,29,30)(H,26,27,28). The molecule has 2 N–H and O–H groups in total. The van der Waals surface area contributed by atoms with Gasteiger partial charge in [-0.05, 0) is 31.0 Å². The molecule has 11 nitrogen and oxygen atoms in total. The Morgan fingerprint density at radius 3 is 2.69 bits per heavy atom. The minimum atomic E-state index is -0.658. The van der Waals surface area contributed by atoms with Crippen LogP contribution in [0.25, 0.3) is 11.0 Å². The maximum absolute atomic E-state index is 12.2. The van der Waals surface area contributed by atoms with Crippen molar-refractivity contribution in [2.75, 3.05) is 37.9 Å². The lowest BCUT2D eigenvalue weighted by atomic mass is 10.0. The molecule has 3 aromatic rings. The van der Waals surface area contributed by atoms with E-state index in [0.29, 0.717) is 35.9 Å². The molecule has 0 bridgehead atoms. The number of nitrogens with zero attached hydrogens (tertiary/aromatic N) is 5. The van der Waals surface area contributed by atoms with Crippen molar-refractivity contribution in [1.82, 2.24) is 24.8 Å². The van der Waals surface area contributed by atoms with E-state index in [2.05, 4.69) is 46.5 Å². The van der Waals surface area contributed by atoms with Gasteiger partial charge in [-0.1, -0.05) is 22.0 Å². The van der Waals surface area contributed by atoms with Gasteiger partial charge in [0.25, 0.3) is 0 Å². The van der Waals surface area contributed by atoms with Crippen molar-refractivity contribution in [3.63, 3.8) is 0 Å². The molecule has 3 heterocycles. The molecule has 0 saturated carbocycles. The minimum absolute atomic E-state index is 0.0389. The Bertz CT molecular complexity index is 1200. The average molecular weight is 544 g/mol. The van der Waals surface area contributed by atoms with Crippen molar-refractivity contribution >= 4 is 56.4 Å². The highest BCUT2D eigenvalue weighted by Crippen LogP contribution is 2.25. The highest BCUT2D eigenvalue weighted by atomic mass is 79.9. The molecule has 0 spiro atoms. The second-order valence-electron chi connectivity index (χ2n) is 8.06. The van der Waals surface area contributed by atoms with Crippen LogP contribution in [0.4, 0.5) is 17.5 Å². The van der Waals surface area contributed by atoms with E-state index in [4.69, 9.17) is 9.47 Å². The van der Waals surface area contributed by atoms with E-state index in [-0.39, 0.29) is 12.5 Å². The van der Waals surface area contributed by atoms with Crippen LogP contribution in [-0.2, 0) is 19.1 Å². The molecule has 0 amide bonds. The average Bonchev–Trinajstić information content (AvgIpc) is 2.87. The molecule has 1 aliphatic rings. The second-order valence-corrected chi connectivity index (χ2v) is 8.97. The molecule has 0 radical (unpaired) electrons. The summed E-state index contributed by atoms with van der Waals surface area (Å²) in [5.41, 5.74) is 2.10. The molecular formula is C23H26BrN7O4. The molecule has 35 heavy (non-hydrogen) atoms. The molecule has 1 saturated heterocycles. The van der Waals surface area contributed by atoms with Gasteiger partial charge in [-0.2, -0.15) is 0 Å². The van der Waals surface area contributed by atoms with Crippen LogP contribution in [0.15, 0.2) is 41.3 Å². The first kappa shape index (κ1) is 24.7. The van der Waals surface area contributed by atoms with Crippen LogP contribution in [0.5, 0.6) is 0 Å². The number of hydrogen-bond donors (Lipinski definition) is 2. The number of aromatic nitrogens is 4. The topological polar surface area (TPSA) is 131 Å². The van der Waals surface area contributed by atoms with Crippen molar-refractivity contribution < 1.29 is 19.1 Å². The van der Waals surface area contributed by atoms with Gasteiger partial charge >= 0.3 is 11.9 Å². The van der Waals surface area contributed by atoms with Crippen LogP contribution in [0.2, 0.25) is 0 Å². The number of ether oxygens (including phenoxy) is 2. The normalized spacial score (nSPS) is 15.4. The number of fused-ring (bicyclic) bond motifs is 1. The van der Waals surface area contributed by atoms with Crippen LogP contribution < -0.4 is 10.6 Å². The summed E-state index contributed by atoms with van der Waals surface area (Å²) in [7, 11) is 2.63. The fraction of sp³-hybridized carbons (Fsp3) is 0.391. The summed E-state index contributed by atoms with van der Waals surface area (Å²) in [4.78, 5) is 43.6. The van der Waals surface area contributed by atoms with Gasteiger partial charge in [0.1, 0.15) is 23.4 Å². The molecule has 184 valence electrons. The van der Waals surface area contributed by atoms with Crippen LogP contribution >= 0.6 is 15.9 Å². The fourth-order valence-corrected chi connectivity index (χ4v) is 4.39. The Morgan fingerprint density at radius 2 is 1.97 bits per heavy atom. The first-order valence-electron chi connectivity index (χ1n) is 11.1. The van der Waals surface area contributed by atoms with Gasteiger partial charge in [0.05, 0.1) is 26.8 Å². The van der Waals surface area contributed by atoms with Crippen LogP contribution in [0, 0.1) is 0 Å². The highest BCUT2D eigenvalue weighted by Gasteiger charge is 2.32. The Kier molecular flexibility index (Phi) is 8.03. The largest absolute Gasteiger partial charge is 0.469 e. The van der Waals surface area contributed by atoms with Crippen LogP contribution in [-0.4, -0.2) is 76.2 Å². The maximum atomic E-state index is 12.2. The zero-order valence-corrected chi connectivity index (χ0v) is 21.0. The first-order chi connectivity index (χ1) is 17.0.